The Balaban J connectivity index is 1.62. The van der Waals surface area contributed by atoms with Crippen LogP contribution in [0.2, 0.25) is 0 Å². The minimum Gasteiger partial charge on any atom is -0.478 e. The summed E-state index contributed by atoms with van der Waals surface area (Å²) in [5.74, 6) is -1.59. The number of nitrogens with one attached hydrogen (secondary N) is 2. The highest BCUT2D eigenvalue weighted by atomic mass is 32.2. The molecular formula is C21H18N4O4S2. The first kappa shape index (κ1) is 22.3. The number of nitrogens with zero attached hydrogens (tertiary/aromatic N) is 2. The summed E-state index contributed by atoms with van der Waals surface area (Å²) in [6.45, 7) is 0. The van der Waals surface area contributed by atoms with Gasteiger partial charge in [0.25, 0.3) is 0 Å². The molecular weight excluding hydrogens is 436 g/mol. The zero-order valence-electron chi connectivity index (χ0n) is 16.1. The van der Waals surface area contributed by atoms with Crippen LogP contribution in [0.1, 0.15) is 10.4 Å². The molecule has 0 unspecified atom stereocenters. The molecule has 0 fully saturated rings. The third-order valence-corrected chi connectivity index (χ3v) is 5.61. The largest absolute Gasteiger partial charge is 0.478 e. The Labute approximate surface area is 186 Å². The van der Waals surface area contributed by atoms with Gasteiger partial charge >= 0.3 is 5.97 Å². The SMILES string of the molecule is O=C(CSc1ccccn1)Nc1cc(NC(=O)CSc2ccccn2)cc(C(=O)O)c1. The van der Waals surface area contributed by atoms with E-state index in [4.69, 9.17) is 0 Å². The van der Waals surface area contributed by atoms with Crippen molar-refractivity contribution in [2.24, 2.45) is 0 Å². The quantitative estimate of drug-likeness (QED) is 0.419. The molecule has 0 saturated heterocycles. The van der Waals surface area contributed by atoms with Crippen LogP contribution in [0.15, 0.2) is 77.0 Å². The molecule has 0 spiro atoms. The number of amides is 2. The Hall–Kier alpha value is -3.37. The van der Waals surface area contributed by atoms with Crippen molar-refractivity contribution in [1.82, 2.24) is 9.97 Å². The number of aromatic carboxylic acids is 1. The maximum absolute atomic E-state index is 12.3. The van der Waals surface area contributed by atoms with Gasteiger partial charge in [0, 0.05) is 23.8 Å². The molecule has 0 aliphatic carbocycles. The number of anilines is 2. The topological polar surface area (TPSA) is 121 Å². The molecule has 0 bridgehead atoms. The minimum absolute atomic E-state index is 0.0529. The van der Waals surface area contributed by atoms with Crippen LogP contribution in [0.3, 0.4) is 0 Å². The maximum atomic E-state index is 12.3. The average Bonchev–Trinajstić information content (AvgIpc) is 2.77. The van der Waals surface area contributed by atoms with E-state index >= 15 is 0 Å². The standard InChI is InChI=1S/C21H18N4O4S2/c26-17(12-30-19-5-1-3-7-22-19)24-15-9-14(21(28)29)10-16(11-15)25-18(27)13-31-20-6-2-4-8-23-20/h1-11H,12-13H2,(H,24,26)(H,25,27)(H,28,29). The lowest BCUT2D eigenvalue weighted by molar-refractivity contribution is -0.114. The Morgan fingerprint density at radius 2 is 1.26 bits per heavy atom. The summed E-state index contributed by atoms with van der Waals surface area (Å²) < 4.78 is 0. The predicted octanol–water partition coefficient (Wildman–Crippen LogP) is 3.64. The first-order valence-corrected chi connectivity index (χ1v) is 11.0. The van der Waals surface area contributed by atoms with Crippen LogP contribution in [-0.4, -0.2) is 44.4 Å². The van der Waals surface area contributed by atoms with Gasteiger partial charge in [-0.05, 0) is 42.5 Å². The molecule has 3 N–H and O–H groups in total. The van der Waals surface area contributed by atoms with Crippen molar-refractivity contribution in [2.75, 3.05) is 22.1 Å². The minimum atomic E-state index is -1.17. The number of carbonyl (C=O) groups excluding carboxylic acids is 2. The van der Waals surface area contributed by atoms with E-state index in [2.05, 4.69) is 20.6 Å². The molecule has 2 heterocycles. The van der Waals surface area contributed by atoms with Crippen molar-refractivity contribution >= 4 is 52.7 Å². The summed E-state index contributed by atoms with van der Waals surface area (Å²) in [5.41, 5.74) is 0.501. The van der Waals surface area contributed by atoms with E-state index in [0.29, 0.717) is 10.1 Å². The van der Waals surface area contributed by atoms with Crippen molar-refractivity contribution < 1.29 is 19.5 Å². The Morgan fingerprint density at radius 1 is 0.774 bits per heavy atom. The lowest BCUT2D eigenvalue weighted by Crippen LogP contribution is -2.17. The molecule has 3 aromatic rings. The number of carbonyl (C=O) groups is 3. The number of rotatable bonds is 9. The van der Waals surface area contributed by atoms with Crippen molar-refractivity contribution in [3.05, 3.63) is 72.6 Å². The van der Waals surface area contributed by atoms with Gasteiger partial charge in [0.1, 0.15) is 0 Å². The molecule has 0 aliphatic heterocycles. The zero-order valence-corrected chi connectivity index (χ0v) is 17.8. The summed E-state index contributed by atoms with van der Waals surface area (Å²) in [6, 6.07) is 15.0. The van der Waals surface area contributed by atoms with Gasteiger partial charge < -0.3 is 15.7 Å². The van der Waals surface area contributed by atoms with E-state index in [1.165, 1.54) is 41.7 Å². The van der Waals surface area contributed by atoms with Gasteiger partial charge in [0.05, 0.1) is 27.1 Å². The molecule has 1 aromatic carbocycles. The first-order valence-electron chi connectivity index (χ1n) is 9.05. The number of benzene rings is 1. The summed E-state index contributed by atoms with van der Waals surface area (Å²) in [4.78, 5) is 44.2. The highest BCUT2D eigenvalue weighted by Gasteiger charge is 2.12. The van der Waals surface area contributed by atoms with Crippen molar-refractivity contribution in [3.8, 4) is 0 Å². The molecule has 0 aliphatic rings. The van der Waals surface area contributed by atoms with Crippen molar-refractivity contribution in [1.29, 1.82) is 0 Å². The van der Waals surface area contributed by atoms with Gasteiger partial charge in [0.2, 0.25) is 11.8 Å². The Morgan fingerprint density at radius 3 is 1.65 bits per heavy atom. The lowest BCUT2D eigenvalue weighted by atomic mass is 10.1. The monoisotopic (exact) mass is 454 g/mol. The summed E-state index contributed by atoms with van der Waals surface area (Å²) in [5, 5.41) is 16.1. The average molecular weight is 455 g/mol. The Kier molecular flexibility index (Phi) is 8.02. The molecule has 0 radical (unpaired) electrons. The van der Waals surface area contributed by atoms with E-state index in [9.17, 15) is 19.5 Å². The van der Waals surface area contributed by atoms with E-state index in [0.717, 1.165) is 0 Å². The first-order chi connectivity index (χ1) is 15.0. The van der Waals surface area contributed by atoms with Gasteiger partial charge in [-0.15, -0.1) is 0 Å². The summed E-state index contributed by atoms with van der Waals surface area (Å²) >= 11 is 2.52. The smallest absolute Gasteiger partial charge is 0.335 e. The number of aromatic nitrogens is 2. The van der Waals surface area contributed by atoms with E-state index < -0.39 is 5.97 Å². The molecule has 10 heteroatoms. The summed E-state index contributed by atoms with van der Waals surface area (Å²) in [7, 11) is 0. The normalized spacial score (nSPS) is 10.3. The Bertz CT molecular complexity index is 990. The second kappa shape index (κ2) is 11.1. The second-order valence-electron chi connectivity index (χ2n) is 6.11. The van der Waals surface area contributed by atoms with Crippen LogP contribution in [0.5, 0.6) is 0 Å². The van der Waals surface area contributed by atoms with Crippen LogP contribution in [0.4, 0.5) is 11.4 Å². The number of carboxylic acid groups (broad SMARTS) is 1. The van der Waals surface area contributed by atoms with Gasteiger partial charge in [-0.25, -0.2) is 14.8 Å². The van der Waals surface area contributed by atoms with Crippen LogP contribution >= 0.6 is 23.5 Å². The van der Waals surface area contributed by atoms with Crippen LogP contribution < -0.4 is 10.6 Å². The zero-order chi connectivity index (χ0) is 22.1. The fourth-order valence-corrected chi connectivity index (χ4v) is 3.76. The molecule has 2 amide bonds. The molecule has 0 saturated carbocycles. The van der Waals surface area contributed by atoms with E-state index in [1.54, 1.807) is 36.7 Å². The highest BCUT2D eigenvalue weighted by Crippen LogP contribution is 2.22. The van der Waals surface area contributed by atoms with Crippen molar-refractivity contribution in [2.45, 2.75) is 10.1 Å². The van der Waals surface area contributed by atoms with Gasteiger partial charge in [-0.1, -0.05) is 35.7 Å². The molecule has 31 heavy (non-hydrogen) atoms. The van der Waals surface area contributed by atoms with Crippen molar-refractivity contribution in [3.63, 3.8) is 0 Å². The number of hydrogen-bond acceptors (Lipinski definition) is 7. The van der Waals surface area contributed by atoms with Crippen LogP contribution in [-0.2, 0) is 9.59 Å². The van der Waals surface area contributed by atoms with Crippen LogP contribution in [0.25, 0.3) is 0 Å². The predicted molar refractivity (Wildman–Crippen MR) is 121 cm³/mol. The lowest BCUT2D eigenvalue weighted by Gasteiger charge is -2.11. The van der Waals surface area contributed by atoms with Gasteiger partial charge in [0.15, 0.2) is 0 Å². The molecule has 8 nitrogen and oxygen atoms in total. The fraction of sp³-hybridized carbons (Fsp3) is 0.0952. The van der Waals surface area contributed by atoms with E-state index in [-0.39, 0.29) is 40.3 Å². The third kappa shape index (κ3) is 7.43. The number of hydrogen-bond donors (Lipinski definition) is 3. The molecule has 2 aromatic heterocycles. The molecule has 0 atom stereocenters. The fourth-order valence-electron chi connectivity index (χ4n) is 2.43. The van der Waals surface area contributed by atoms with Gasteiger partial charge in [-0.2, -0.15) is 0 Å². The third-order valence-electron chi connectivity index (χ3n) is 3.73. The van der Waals surface area contributed by atoms with E-state index in [1.807, 2.05) is 12.1 Å². The van der Waals surface area contributed by atoms with Crippen LogP contribution in [0, 0.1) is 0 Å². The summed E-state index contributed by atoms with van der Waals surface area (Å²) in [6.07, 6.45) is 3.27. The molecule has 3 rings (SSSR count). The number of carboxylic acids is 1. The number of thioether (sulfide) groups is 2. The molecule has 158 valence electrons. The maximum Gasteiger partial charge on any atom is 0.335 e. The number of pyridine rings is 2. The van der Waals surface area contributed by atoms with Gasteiger partial charge in [-0.3, -0.25) is 9.59 Å². The highest BCUT2D eigenvalue weighted by molar-refractivity contribution is 8.00. The second-order valence-corrected chi connectivity index (χ2v) is 8.11.